The number of rotatable bonds is 3. The third-order valence-corrected chi connectivity index (χ3v) is 8.08. The molecule has 12 nitrogen and oxygen atoms in total. The third-order valence-electron chi connectivity index (χ3n) is 7.09. The molecule has 3 aliphatic rings. The van der Waals surface area contributed by atoms with Gasteiger partial charge in [-0.15, -0.1) is 0 Å². The minimum absolute atomic E-state index is 0. The number of halogens is 3. The fraction of sp³-hybridized carbons (Fsp3) is 0.371. The molecule has 268 valence electrons. The maximum atomic E-state index is 12.6. The summed E-state index contributed by atoms with van der Waals surface area (Å²) in [5.41, 5.74) is 9.79. The number of nitrogen functional groups attached to an aromatic ring is 1. The first kappa shape index (κ1) is 51.0. The molecule has 2 N–H and O–H groups in total. The second-order valence-corrected chi connectivity index (χ2v) is 12.3. The number of nitriles is 3. The van der Waals surface area contributed by atoms with E-state index in [0.29, 0.717) is 28.9 Å². The van der Waals surface area contributed by atoms with Gasteiger partial charge in [0.25, 0.3) is 6.47 Å². The molecule has 6 rings (SSSR count). The second kappa shape index (κ2) is 31.2. The van der Waals surface area contributed by atoms with Crippen LogP contribution in [0.3, 0.4) is 0 Å². The van der Waals surface area contributed by atoms with E-state index in [-0.39, 0.29) is 116 Å². The molecule has 0 unspecified atom stereocenters. The van der Waals surface area contributed by atoms with Gasteiger partial charge in [-0.3, -0.25) is 4.79 Å². The van der Waals surface area contributed by atoms with Crippen molar-refractivity contribution in [3.63, 3.8) is 0 Å². The molecular weight excluding hydrogens is 857 g/mol. The normalized spacial score (nSPS) is 14.2. The Bertz CT molecular complexity index is 1530. The average molecular weight is 897 g/mol. The van der Waals surface area contributed by atoms with E-state index in [1.807, 2.05) is 24.3 Å². The van der Waals surface area contributed by atoms with Gasteiger partial charge in [-0.2, -0.15) is 15.8 Å². The first-order chi connectivity index (χ1) is 24.3. The van der Waals surface area contributed by atoms with E-state index >= 15 is 0 Å². The zero-order valence-corrected chi connectivity index (χ0v) is 38.8. The summed E-state index contributed by atoms with van der Waals surface area (Å²) in [7, 11) is 0. The summed E-state index contributed by atoms with van der Waals surface area (Å²) in [5.74, 6) is -0.489. The predicted octanol–water partition coefficient (Wildman–Crippen LogP) is -0.664. The van der Waals surface area contributed by atoms with Crippen molar-refractivity contribution < 1.29 is 138 Å². The van der Waals surface area contributed by atoms with Crippen molar-refractivity contribution in [1.82, 2.24) is 0 Å². The van der Waals surface area contributed by atoms with Crippen LogP contribution in [0.5, 0.6) is 0 Å². The average Bonchev–Trinajstić information content (AvgIpc) is 3.17. The molecule has 0 bridgehead atoms. The van der Waals surface area contributed by atoms with Gasteiger partial charge in [0.15, 0.2) is 0 Å². The van der Waals surface area contributed by atoms with E-state index in [9.17, 15) is 4.39 Å². The smallest absolute Gasteiger partial charge is 1.00 e. The van der Waals surface area contributed by atoms with Crippen LogP contribution in [0, 0.1) is 39.8 Å². The van der Waals surface area contributed by atoms with Gasteiger partial charge in [0, 0.05) is 54.0 Å². The molecule has 3 heterocycles. The molecule has 3 saturated heterocycles. The Morgan fingerprint density at radius 3 is 1.50 bits per heavy atom. The molecule has 17 heteroatoms. The zero-order chi connectivity index (χ0) is 36.6. The number of hydrogen-bond acceptors (Lipinski definition) is 12. The van der Waals surface area contributed by atoms with Gasteiger partial charge in [-0.25, -0.2) is 4.39 Å². The molecule has 3 aromatic carbocycles. The first-order valence-corrected chi connectivity index (χ1v) is 17.2. The van der Waals surface area contributed by atoms with Crippen molar-refractivity contribution in [2.45, 2.75) is 19.3 Å². The first-order valence-electron chi connectivity index (χ1n) is 15.6. The number of ether oxygens (including phenoxy) is 3. The van der Waals surface area contributed by atoms with Gasteiger partial charge >= 0.3 is 103 Å². The van der Waals surface area contributed by atoms with Crippen LogP contribution in [0.15, 0.2) is 63.5 Å². The van der Waals surface area contributed by atoms with Crippen molar-refractivity contribution in [2.24, 2.45) is 0 Å². The van der Waals surface area contributed by atoms with Crippen molar-refractivity contribution in [3.8, 4) is 18.2 Å². The Kier molecular flexibility index (Phi) is 30.6. The summed E-state index contributed by atoms with van der Waals surface area (Å²) in [6, 6.07) is 21.5. The predicted molar refractivity (Wildman–Crippen MR) is 192 cm³/mol. The van der Waals surface area contributed by atoms with E-state index < -0.39 is 5.82 Å². The Morgan fingerprint density at radius 2 is 1.12 bits per heavy atom. The molecule has 0 saturated carbocycles. The SMILES string of the molecule is C1CCOCC1.N#Cc1ccc(Br)cc1F.N#Cc1ccc(Br)cc1N1CCOCC1.N#Cc1ccc(N)cc1N1CCOCC1.O=CO[O-].[H-].[K+].[K+]. The molecule has 0 atom stereocenters. The Morgan fingerprint density at radius 1 is 0.712 bits per heavy atom. The molecule has 0 radical (unpaired) electrons. The standard InChI is InChI=1S/C11H11BrN2O.C11H13N3O.C7H3BrFN.C5H10O.CH2O3.2K.H/c12-10-2-1-9(8-13)11(7-10)14-3-5-15-6-4-14;12-8-9-1-2-10(13)7-11(9)14-3-5-15-6-4-14;8-6-2-1-5(4-10)7(9)3-6;1-2-4-6-5-3-1;2-1-4-3;;;/h1-2,7H,3-6H2;1-2,7H,3-6,13H2;1-3H;1-5H2;1,3H;;;/q;;;;;2*+1;-1/p-1. The van der Waals surface area contributed by atoms with Crippen LogP contribution in [0.1, 0.15) is 37.4 Å². The largest absolute Gasteiger partial charge is 1.00 e. The topological polar surface area (TPSA) is 181 Å². The van der Waals surface area contributed by atoms with Gasteiger partial charge in [-0.05, 0) is 73.9 Å². The molecule has 0 aromatic heterocycles. The Hall–Kier alpha value is -0.997. The maximum absolute atomic E-state index is 12.6. The number of carbonyl (C=O) groups excluding carboxylic acids is 1. The quantitative estimate of drug-likeness (QED) is 0.116. The zero-order valence-electron chi connectivity index (χ0n) is 30.4. The van der Waals surface area contributed by atoms with Gasteiger partial charge in [0.05, 0.1) is 54.5 Å². The van der Waals surface area contributed by atoms with E-state index in [0.717, 1.165) is 74.0 Å². The van der Waals surface area contributed by atoms with Gasteiger partial charge in [0.1, 0.15) is 24.0 Å². The third kappa shape index (κ3) is 20.1. The molecule has 0 aliphatic carbocycles. The van der Waals surface area contributed by atoms with Gasteiger partial charge < -0.3 is 41.3 Å². The number of nitrogens with zero attached hydrogens (tertiary/aromatic N) is 5. The van der Waals surface area contributed by atoms with Crippen LogP contribution < -0.4 is 124 Å². The second-order valence-electron chi connectivity index (χ2n) is 10.5. The molecule has 0 amide bonds. The summed E-state index contributed by atoms with van der Waals surface area (Å²) < 4.78 is 29.9. The van der Waals surface area contributed by atoms with Gasteiger partial charge in [0.2, 0.25) is 0 Å². The molecule has 0 spiro atoms. The number of carbonyl (C=O) groups is 1. The summed E-state index contributed by atoms with van der Waals surface area (Å²) in [6.45, 7) is 8.04. The summed E-state index contributed by atoms with van der Waals surface area (Å²) in [4.78, 5) is 15.6. The number of hydrogen-bond donors (Lipinski definition) is 1. The number of benzene rings is 3. The van der Waals surface area contributed by atoms with Crippen LogP contribution in [0.2, 0.25) is 0 Å². The Labute approximate surface area is 407 Å². The van der Waals surface area contributed by atoms with Crippen LogP contribution in [-0.2, 0) is 23.9 Å². The van der Waals surface area contributed by atoms with Crippen LogP contribution in [0.25, 0.3) is 0 Å². The summed E-state index contributed by atoms with van der Waals surface area (Å²) in [6.07, 6.45) is 3.93. The van der Waals surface area contributed by atoms with E-state index in [1.54, 1.807) is 24.3 Å². The van der Waals surface area contributed by atoms with E-state index in [4.69, 9.17) is 45.8 Å². The summed E-state index contributed by atoms with van der Waals surface area (Å²) in [5, 5.41) is 34.7. The molecule has 52 heavy (non-hydrogen) atoms. The minimum Gasteiger partial charge on any atom is -1.00 e. The van der Waals surface area contributed by atoms with Gasteiger partial charge in [-0.1, -0.05) is 31.9 Å². The van der Waals surface area contributed by atoms with Crippen molar-refractivity contribution in [1.29, 1.82) is 15.8 Å². The van der Waals surface area contributed by atoms with Crippen molar-refractivity contribution in [3.05, 3.63) is 86.1 Å². The fourth-order valence-electron chi connectivity index (χ4n) is 4.64. The molecule has 3 fully saturated rings. The van der Waals surface area contributed by atoms with Crippen LogP contribution in [0.4, 0.5) is 21.5 Å². The van der Waals surface area contributed by atoms with E-state index in [1.165, 1.54) is 31.4 Å². The minimum atomic E-state index is -0.489. The Balaban J connectivity index is 0. The van der Waals surface area contributed by atoms with Crippen LogP contribution in [-0.4, -0.2) is 72.3 Å². The molecular formula is C35H39Br2FK2N6O6. The number of nitrogens with two attached hydrogens (primary N) is 1. The number of morpholine rings is 2. The van der Waals surface area contributed by atoms with Crippen LogP contribution >= 0.6 is 31.9 Å². The molecule has 3 aliphatic heterocycles. The monoisotopic (exact) mass is 894 g/mol. The molecule has 3 aromatic rings. The number of anilines is 3. The van der Waals surface area contributed by atoms with E-state index in [2.05, 4.69) is 58.7 Å². The fourth-order valence-corrected chi connectivity index (χ4v) is 5.32. The summed E-state index contributed by atoms with van der Waals surface area (Å²) >= 11 is 6.50. The van der Waals surface area contributed by atoms with Crippen molar-refractivity contribution in [2.75, 3.05) is 81.4 Å². The van der Waals surface area contributed by atoms with Crippen molar-refractivity contribution >= 4 is 55.4 Å². The maximum Gasteiger partial charge on any atom is 1.00 e.